The van der Waals surface area contributed by atoms with Crippen molar-refractivity contribution in [2.24, 2.45) is 0 Å². The molecule has 0 unspecified atom stereocenters. The molecule has 0 aliphatic rings. The average molecular weight is 285 g/mol. The number of anilines is 1. The number of benzene rings is 1. The molecule has 20 heavy (non-hydrogen) atoms. The van der Waals surface area contributed by atoms with E-state index in [1.165, 1.54) is 0 Å². The number of hydrogen-bond donors (Lipinski definition) is 1. The van der Waals surface area contributed by atoms with Gasteiger partial charge < -0.3 is 5.32 Å². The zero-order chi connectivity index (χ0) is 13.9. The van der Waals surface area contributed by atoms with E-state index >= 15 is 0 Å². The van der Waals surface area contributed by atoms with Crippen molar-refractivity contribution in [1.82, 2.24) is 15.0 Å². The Hall–Kier alpha value is -2.20. The Kier molecular flexibility index (Phi) is 3.48. The van der Waals surface area contributed by atoms with Gasteiger partial charge in [0.2, 0.25) is 5.28 Å². The molecule has 3 rings (SSSR count). The van der Waals surface area contributed by atoms with Gasteiger partial charge in [-0.2, -0.15) is 0 Å². The number of para-hydroxylation sites is 1. The largest absolute Gasteiger partial charge is 0.365 e. The molecule has 1 N–H and O–H groups in total. The Bertz CT molecular complexity index is 740. The van der Waals surface area contributed by atoms with Crippen molar-refractivity contribution in [2.75, 3.05) is 5.32 Å². The second kappa shape index (κ2) is 5.43. The lowest BCUT2D eigenvalue weighted by molar-refractivity contribution is 1.06. The molecule has 0 bridgehead atoms. The van der Waals surface area contributed by atoms with Gasteiger partial charge in [-0.1, -0.05) is 18.2 Å². The lowest BCUT2D eigenvalue weighted by Crippen LogP contribution is -2.03. The van der Waals surface area contributed by atoms with E-state index in [1.807, 2.05) is 49.5 Å². The summed E-state index contributed by atoms with van der Waals surface area (Å²) in [5, 5.41) is 4.49. The van der Waals surface area contributed by atoms with Gasteiger partial charge >= 0.3 is 0 Å². The molecule has 0 saturated heterocycles. The van der Waals surface area contributed by atoms with E-state index < -0.39 is 0 Å². The zero-order valence-corrected chi connectivity index (χ0v) is 11.7. The first-order valence-electron chi connectivity index (χ1n) is 6.30. The molecule has 0 aliphatic carbocycles. The van der Waals surface area contributed by atoms with Gasteiger partial charge in [-0.3, -0.25) is 4.98 Å². The first-order valence-corrected chi connectivity index (χ1v) is 6.68. The van der Waals surface area contributed by atoms with Gasteiger partial charge in [0.15, 0.2) is 0 Å². The number of fused-ring (bicyclic) bond motifs is 1. The number of aromatic nitrogens is 3. The summed E-state index contributed by atoms with van der Waals surface area (Å²) >= 11 is 5.95. The molecular weight excluding hydrogens is 272 g/mol. The predicted octanol–water partition coefficient (Wildman–Crippen LogP) is 3.60. The maximum atomic E-state index is 5.95. The van der Waals surface area contributed by atoms with E-state index in [0.29, 0.717) is 6.54 Å². The first-order chi connectivity index (χ1) is 9.72. The zero-order valence-electron chi connectivity index (χ0n) is 11.0. The molecule has 0 amide bonds. The smallest absolute Gasteiger partial charge is 0.224 e. The Morgan fingerprint density at radius 2 is 1.95 bits per heavy atom. The summed E-state index contributed by atoms with van der Waals surface area (Å²) in [6.45, 7) is 2.61. The quantitative estimate of drug-likeness (QED) is 0.747. The SMILES string of the molecule is Cc1ccc(CNc2nc(Cl)nc3ccccc23)cn1. The number of nitrogens with zero attached hydrogens (tertiary/aromatic N) is 3. The van der Waals surface area contributed by atoms with Crippen LogP contribution in [-0.2, 0) is 6.54 Å². The van der Waals surface area contributed by atoms with Crippen LogP contribution in [-0.4, -0.2) is 15.0 Å². The molecule has 5 heteroatoms. The second-order valence-corrected chi connectivity index (χ2v) is 4.86. The van der Waals surface area contributed by atoms with E-state index in [4.69, 9.17) is 11.6 Å². The summed E-state index contributed by atoms with van der Waals surface area (Å²) in [7, 11) is 0. The summed E-state index contributed by atoms with van der Waals surface area (Å²) in [4.78, 5) is 12.7. The van der Waals surface area contributed by atoms with Gasteiger partial charge in [0, 0.05) is 23.8 Å². The van der Waals surface area contributed by atoms with E-state index in [-0.39, 0.29) is 5.28 Å². The minimum Gasteiger partial charge on any atom is -0.365 e. The van der Waals surface area contributed by atoms with Crippen LogP contribution in [0.4, 0.5) is 5.82 Å². The minimum atomic E-state index is 0.244. The van der Waals surface area contributed by atoms with Gasteiger partial charge in [-0.05, 0) is 42.3 Å². The third-order valence-electron chi connectivity index (χ3n) is 3.01. The van der Waals surface area contributed by atoms with Gasteiger partial charge in [0.05, 0.1) is 5.52 Å². The lowest BCUT2D eigenvalue weighted by atomic mass is 10.2. The fourth-order valence-corrected chi connectivity index (χ4v) is 2.15. The van der Waals surface area contributed by atoms with E-state index in [2.05, 4.69) is 20.3 Å². The molecule has 3 aromatic rings. The van der Waals surface area contributed by atoms with Crippen molar-refractivity contribution in [2.45, 2.75) is 13.5 Å². The fourth-order valence-electron chi connectivity index (χ4n) is 1.97. The van der Waals surface area contributed by atoms with Crippen LogP contribution in [0.3, 0.4) is 0 Å². The number of nitrogens with one attached hydrogen (secondary N) is 1. The maximum Gasteiger partial charge on any atom is 0.224 e. The molecule has 0 atom stereocenters. The fraction of sp³-hybridized carbons (Fsp3) is 0.133. The van der Waals surface area contributed by atoms with Crippen molar-refractivity contribution in [3.8, 4) is 0 Å². The van der Waals surface area contributed by atoms with Gasteiger partial charge in [0.1, 0.15) is 5.82 Å². The Morgan fingerprint density at radius 3 is 2.75 bits per heavy atom. The average Bonchev–Trinajstić information content (AvgIpc) is 2.46. The third kappa shape index (κ3) is 2.70. The molecule has 0 fully saturated rings. The normalized spacial score (nSPS) is 10.7. The molecule has 100 valence electrons. The Labute approximate surface area is 121 Å². The van der Waals surface area contributed by atoms with E-state index in [1.54, 1.807) is 0 Å². The molecule has 1 aromatic carbocycles. The van der Waals surface area contributed by atoms with Gasteiger partial charge in [0.25, 0.3) is 0 Å². The summed E-state index contributed by atoms with van der Waals surface area (Å²) in [6.07, 6.45) is 1.85. The molecule has 4 nitrogen and oxygen atoms in total. The van der Waals surface area contributed by atoms with Crippen molar-refractivity contribution in [3.63, 3.8) is 0 Å². The highest BCUT2D eigenvalue weighted by atomic mass is 35.5. The Morgan fingerprint density at radius 1 is 1.10 bits per heavy atom. The van der Waals surface area contributed by atoms with Crippen LogP contribution in [0.15, 0.2) is 42.6 Å². The molecule has 0 spiro atoms. The maximum absolute atomic E-state index is 5.95. The van der Waals surface area contributed by atoms with Gasteiger partial charge in [-0.25, -0.2) is 9.97 Å². The molecule has 2 heterocycles. The van der Waals surface area contributed by atoms with Crippen molar-refractivity contribution in [1.29, 1.82) is 0 Å². The highest BCUT2D eigenvalue weighted by molar-refractivity contribution is 6.28. The second-order valence-electron chi connectivity index (χ2n) is 4.52. The van der Waals surface area contributed by atoms with Crippen LogP contribution in [0.5, 0.6) is 0 Å². The number of aryl methyl sites for hydroxylation is 1. The lowest BCUT2D eigenvalue weighted by Gasteiger charge is -2.09. The molecule has 0 saturated carbocycles. The monoisotopic (exact) mass is 284 g/mol. The molecule has 0 aliphatic heterocycles. The predicted molar refractivity (Wildman–Crippen MR) is 80.8 cm³/mol. The van der Waals surface area contributed by atoms with E-state index in [0.717, 1.165) is 28.0 Å². The number of pyridine rings is 1. The van der Waals surface area contributed by atoms with Crippen LogP contribution in [0.2, 0.25) is 5.28 Å². The van der Waals surface area contributed by atoms with Crippen molar-refractivity contribution >= 4 is 28.3 Å². The van der Waals surface area contributed by atoms with Crippen LogP contribution in [0, 0.1) is 6.92 Å². The Balaban J connectivity index is 1.88. The van der Waals surface area contributed by atoms with Crippen LogP contribution >= 0.6 is 11.6 Å². The van der Waals surface area contributed by atoms with Crippen LogP contribution in [0.25, 0.3) is 10.9 Å². The van der Waals surface area contributed by atoms with Gasteiger partial charge in [-0.15, -0.1) is 0 Å². The summed E-state index contributed by atoms with van der Waals surface area (Å²) in [6, 6.07) is 11.8. The highest BCUT2D eigenvalue weighted by Gasteiger charge is 2.05. The number of rotatable bonds is 3. The first kappa shape index (κ1) is 12.8. The summed E-state index contributed by atoms with van der Waals surface area (Å²) in [5.41, 5.74) is 2.93. The molecular formula is C15H13ClN4. The van der Waals surface area contributed by atoms with Crippen molar-refractivity contribution < 1.29 is 0 Å². The topological polar surface area (TPSA) is 50.7 Å². The number of halogens is 1. The van der Waals surface area contributed by atoms with Crippen LogP contribution < -0.4 is 5.32 Å². The summed E-state index contributed by atoms with van der Waals surface area (Å²) in [5.74, 6) is 0.737. The van der Waals surface area contributed by atoms with Crippen molar-refractivity contribution in [3.05, 3.63) is 59.1 Å². The minimum absolute atomic E-state index is 0.244. The third-order valence-corrected chi connectivity index (χ3v) is 3.18. The molecule has 0 radical (unpaired) electrons. The molecule has 2 aromatic heterocycles. The number of hydrogen-bond acceptors (Lipinski definition) is 4. The standard InChI is InChI=1S/C15H13ClN4/c1-10-6-7-11(8-17-10)9-18-14-12-4-2-3-5-13(12)19-15(16)20-14/h2-8H,9H2,1H3,(H,18,19,20). The summed E-state index contributed by atoms with van der Waals surface area (Å²) < 4.78 is 0. The van der Waals surface area contributed by atoms with E-state index in [9.17, 15) is 0 Å². The highest BCUT2D eigenvalue weighted by Crippen LogP contribution is 2.22. The van der Waals surface area contributed by atoms with Crippen LogP contribution in [0.1, 0.15) is 11.3 Å².